The molecule has 0 bridgehead atoms. The number of carbonyl (C=O) groups excluding carboxylic acids is 1. The third-order valence-electron chi connectivity index (χ3n) is 2.61. The minimum absolute atomic E-state index is 0.657. The Morgan fingerprint density at radius 3 is 2.50 bits per heavy atom. The molecule has 1 rings (SSSR count). The molecule has 0 saturated heterocycles. The quantitative estimate of drug-likeness (QED) is 0.773. The van der Waals surface area contributed by atoms with E-state index < -0.39 is 5.91 Å². The lowest BCUT2D eigenvalue weighted by atomic mass is 10.0. The number of nitriles is 1. The fraction of sp³-hybridized carbons (Fsp3) is 0.333. The van der Waals surface area contributed by atoms with Crippen LogP contribution in [-0.2, 0) is 4.79 Å². The Balaban J connectivity index is 3.26. The first-order valence-corrected chi connectivity index (χ1v) is 4.87. The van der Waals surface area contributed by atoms with Gasteiger partial charge in [0.05, 0.1) is 7.11 Å². The average Bonchev–Trinajstić information content (AvgIpc) is 2.28. The topological polar surface area (TPSA) is 62.1 Å². The summed E-state index contributed by atoms with van der Waals surface area (Å²) in [6.45, 7) is 5.66. The molecule has 0 unspecified atom stereocenters. The third-order valence-corrected chi connectivity index (χ3v) is 2.61. The van der Waals surface area contributed by atoms with E-state index in [1.807, 2.05) is 26.8 Å². The lowest BCUT2D eigenvalue weighted by Crippen LogP contribution is -2.11. The summed E-state index contributed by atoms with van der Waals surface area (Å²) >= 11 is 0. The molecule has 0 fully saturated rings. The zero-order valence-electron chi connectivity index (χ0n) is 9.84. The van der Waals surface area contributed by atoms with Crippen LogP contribution in [0, 0.1) is 32.1 Å². The number of benzene rings is 1. The zero-order valence-corrected chi connectivity index (χ0v) is 9.84. The van der Waals surface area contributed by atoms with Crippen molar-refractivity contribution in [3.05, 3.63) is 22.8 Å². The van der Waals surface area contributed by atoms with E-state index in [4.69, 9.17) is 10.00 Å². The van der Waals surface area contributed by atoms with Crippen molar-refractivity contribution >= 4 is 11.6 Å². The second kappa shape index (κ2) is 4.67. The van der Waals surface area contributed by atoms with Crippen LogP contribution in [0.5, 0.6) is 5.75 Å². The van der Waals surface area contributed by atoms with Gasteiger partial charge in [0, 0.05) is 5.69 Å². The molecule has 0 spiro atoms. The van der Waals surface area contributed by atoms with Crippen molar-refractivity contribution < 1.29 is 9.53 Å². The molecule has 0 radical (unpaired) electrons. The number of rotatable bonds is 2. The van der Waals surface area contributed by atoms with Crippen molar-refractivity contribution in [2.45, 2.75) is 20.8 Å². The van der Waals surface area contributed by atoms with Crippen molar-refractivity contribution in [1.29, 1.82) is 5.26 Å². The molecule has 0 atom stereocenters. The number of nitrogens with zero attached hydrogens (tertiary/aromatic N) is 1. The fourth-order valence-electron chi connectivity index (χ4n) is 1.59. The van der Waals surface area contributed by atoms with Gasteiger partial charge < -0.3 is 10.1 Å². The first kappa shape index (κ1) is 12.1. The van der Waals surface area contributed by atoms with Crippen LogP contribution in [-0.4, -0.2) is 13.0 Å². The molecular weight excluding hydrogens is 204 g/mol. The van der Waals surface area contributed by atoms with E-state index in [1.54, 1.807) is 7.11 Å². The van der Waals surface area contributed by atoms with Gasteiger partial charge in [-0.05, 0) is 43.5 Å². The highest BCUT2D eigenvalue weighted by atomic mass is 16.5. The Bertz CT molecular complexity index is 473. The molecule has 0 aliphatic heterocycles. The van der Waals surface area contributed by atoms with Crippen LogP contribution in [0.1, 0.15) is 16.7 Å². The van der Waals surface area contributed by atoms with Crippen LogP contribution in [0.3, 0.4) is 0 Å². The normalized spacial score (nSPS) is 9.44. The number of amides is 1. The van der Waals surface area contributed by atoms with Crippen molar-refractivity contribution in [3.8, 4) is 11.8 Å². The Kier molecular flexibility index (Phi) is 3.51. The van der Waals surface area contributed by atoms with Gasteiger partial charge in [0.25, 0.3) is 0 Å². The van der Waals surface area contributed by atoms with E-state index >= 15 is 0 Å². The lowest BCUT2D eigenvalue weighted by molar-refractivity contribution is -0.111. The monoisotopic (exact) mass is 218 g/mol. The summed E-state index contributed by atoms with van der Waals surface area (Å²) in [5.74, 6) is 0.126. The summed E-state index contributed by atoms with van der Waals surface area (Å²) in [4.78, 5) is 11.0. The van der Waals surface area contributed by atoms with Crippen molar-refractivity contribution in [2.75, 3.05) is 12.4 Å². The molecule has 0 aliphatic carbocycles. The molecule has 0 heterocycles. The second-order valence-electron chi connectivity index (χ2n) is 3.59. The average molecular weight is 218 g/mol. The Morgan fingerprint density at radius 1 is 1.38 bits per heavy atom. The number of anilines is 1. The Morgan fingerprint density at radius 2 is 2.00 bits per heavy atom. The molecule has 4 nitrogen and oxygen atoms in total. The molecule has 4 heteroatoms. The molecule has 1 aromatic carbocycles. The van der Waals surface area contributed by atoms with Crippen LogP contribution in [0.25, 0.3) is 0 Å². The SMILES string of the molecule is COc1cc(C)c(NC(=O)C#N)c(C)c1C. The van der Waals surface area contributed by atoms with Gasteiger partial charge in [-0.2, -0.15) is 5.26 Å². The van der Waals surface area contributed by atoms with Crippen molar-refractivity contribution in [3.63, 3.8) is 0 Å². The fourth-order valence-corrected chi connectivity index (χ4v) is 1.59. The first-order valence-electron chi connectivity index (χ1n) is 4.87. The van der Waals surface area contributed by atoms with E-state index in [9.17, 15) is 4.79 Å². The summed E-state index contributed by atoms with van der Waals surface area (Å²) < 4.78 is 5.22. The molecule has 1 aromatic rings. The summed E-state index contributed by atoms with van der Waals surface area (Å²) in [7, 11) is 1.61. The number of hydrogen-bond donors (Lipinski definition) is 1. The van der Waals surface area contributed by atoms with Crippen LogP contribution in [0.2, 0.25) is 0 Å². The van der Waals surface area contributed by atoms with E-state index in [2.05, 4.69) is 5.32 Å². The van der Waals surface area contributed by atoms with Gasteiger partial charge in [-0.25, -0.2) is 0 Å². The molecule has 1 amide bonds. The predicted molar refractivity (Wildman–Crippen MR) is 61.4 cm³/mol. The largest absolute Gasteiger partial charge is 0.496 e. The number of methoxy groups -OCH3 is 1. The van der Waals surface area contributed by atoms with E-state index in [0.717, 1.165) is 22.4 Å². The number of hydrogen-bond acceptors (Lipinski definition) is 3. The number of aryl methyl sites for hydroxylation is 1. The van der Waals surface area contributed by atoms with Crippen LogP contribution in [0.15, 0.2) is 6.07 Å². The Hall–Kier alpha value is -2.02. The summed E-state index contributed by atoms with van der Waals surface area (Å²) in [6.07, 6.45) is 0. The van der Waals surface area contributed by atoms with Gasteiger partial charge in [0.15, 0.2) is 6.07 Å². The molecule has 16 heavy (non-hydrogen) atoms. The highest BCUT2D eigenvalue weighted by Gasteiger charge is 2.12. The molecule has 0 aromatic heterocycles. The van der Waals surface area contributed by atoms with Gasteiger partial charge in [0.1, 0.15) is 5.75 Å². The van der Waals surface area contributed by atoms with Gasteiger partial charge in [-0.1, -0.05) is 0 Å². The number of ether oxygens (including phenoxy) is 1. The number of carbonyl (C=O) groups is 1. The summed E-state index contributed by atoms with van der Waals surface area (Å²) in [6, 6.07) is 3.38. The molecular formula is C12H14N2O2. The van der Waals surface area contributed by atoms with Crippen LogP contribution in [0.4, 0.5) is 5.69 Å². The van der Waals surface area contributed by atoms with Gasteiger partial charge >= 0.3 is 5.91 Å². The highest BCUT2D eigenvalue weighted by molar-refractivity contribution is 6.03. The lowest BCUT2D eigenvalue weighted by Gasteiger charge is -2.15. The standard InChI is InChI=1S/C12H14N2O2/c1-7-5-10(16-4)8(2)9(3)12(7)14-11(15)6-13/h5H,1-4H3,(H,14,15). The van der Waals surface area contributed by atoms with Crippen molar-refractivity contribution in [2.24, 2.45) is 0 Å². The van der Waals surface area contributed by atoms with Crippen LogP contribution >= 0.6 is 0 Å². The molecule has 84 valence electrons. The number of nitrogens with one attached hydrogen (secondary N) is 1. The highest BCUT2D eigenvalue weighted by Crippen LogP contribution is 2.30. The maximum Gasteiger partial charge on any atom is 0.326 e. The predicted octanol–water partition coefficient (Wildman–Crippen LogP) is 2.08. The molecule has 1 N–H and O–H groups in total. The maximum atomic E-state index is 11.0. The van der Waals surface area contributed by atoms with E-state index in [-0.39, 0.29) is 0 Å². The minimum atomic E-state index is -0.657. The Labute approximate surface area is 94.8 Å². The first-order chi connectivity index (χ1) is 7.51. The summed E-state index contributed by atoms with van der Waals surface area (Å²) in [5.41, 5.74) is 3.44. The molecule has 0 saturated carbocycles. The van der Waals surface area contributed by atoms with Crippen molar-refractivity contribution in [1.82, 2.24) is 0 Å². The zero-order chi connectivity index (χ0) is 12.3. The van der Waals surface area contributed by atoms with Gasteiger partial charge in [0.2, 0.25) is 0 Å². The minimum Gasteiger partial charge on any atom is -0.496 e. The molecule has 0 aliphatic rings. The maximum absolute atomic E-state index is 11.0. The van der Waals surface area contributed by atoms with Gasteiger partial charge in [-0.3, -0.25) is 4.79 Å². The smallest absolute Gasteiger partial charge is 0.326 e. The van der Waals surface area contributed by atoms with E-state index in [0.29, 0.717) is 5.69 Å². The second-order valence-corrected chi connectivity index (χ2v) is 3.59. The van der Waals surface area contributed by atoms with Crippen LogP contribution < -0.4 is 10.1 Å². The van der Waals surface area contributed by atoms with Gasteiger partial charge in [-0.15, -0.1) is 0 Å². The van der Waals surface area contributed by atoms with E-state index in [1.165, 1.54) is 6.07 Å². The summed E-state index contributed by atoms with van der Waals surface area (Å²) in [5, 5.41) is 11.0. The third kappa shape index (κ3) is 2.14.